The summed E-state index contributed by atoms with van der Waals surface area (Å²) in [6.45, 7) is 7.81. The van der Waals surface area contributed by atoms with Crippen molar-refractivity contribution in [1.29, 1.82) is 0 Å². The SMILES string of the molecule is CCC1NC(C)(CC)C(=O)N1C1CCOCC1. The Morgan fingerprint density at radius 2 is 2.06 bits per heavy atom. The minimum atomic E-state index is -0.362. The van der Waals surface area contributed by atoms with E-state index >= 15 is 0 Å². The first-order valence-corrected chi connectivity index (χ1v) is 6.80. The second-order valence-electron chi connectivity index (χ2n) is 5.31. The summed E-state index contributed by atoms with van der Waals surface area (Å²) in [5, 5.41) is 3.50. The molecule has 2 fully saturated rings. The number of hydrogen-bond donors (Lipinski definition) is 1. The maximum atomic E-state index is 12.5. The molecule has 1 N–H and O–H groups in total. The van der Waals surface area contributed by atoms with Crippen LogP contribution in [0.5, 0.6) is 0 Å². The van der Waals surface area contributed by atoms with E-state index in [9.17, 15) is 4.79 Å². The van der Waals surface area contributed by atoms with Gasteiger partial charge >= 0.3 is 0 Å². The van der Waals surface area contributed by atoms with Gasteiger partial charge < -0.3 is 9.64 Å². The van der Waals surface area contributed by atoms with Crippen LogP contribution in [-0.4, -0.2) is 41.8 Å². The van der Waals surface area contributed by atoms with Crippen molar-refractivity contribution < 1.29 is 9.53 Å². The van der Waals surface area contributed by atoms with Crippen molar-refractivity contribution in [3.63, 3.8) is 0 Å². The highest BCUT2D eigenvalue weighted by Gasteiger charge is 2.48. The van der Waals surface area contributed by atoms with Gasteiger partial charge in [-0.3, -0.25) is 10.1 Å². The third kappa shape index (κ3) is 2.20. The molecule has 2 aliphatic heterocycles. The number of nitrogens with zero attached hydrogens (tertiary/aromatic N) is 1. The van der Waals surface area contributed by atoms with Crippen molar-refractivity contribution in [3.05, 3.63) is 0 Å². The molecule has 2 heterocycles. The Morgan fingerprint density at radius 3 is 2.59 bits per heavy atom. The molecule has 4 heteroatoms. The number of rotatable bonds is 3. The van der Waals surface area contributed by atoms with E-state index in [1.165, 1.54) is 0 Å². The summed E-state index contributed by atoms with van der Waals surface area (Å²) in [4.78, 5) is 14.6. The Bertz CT molecular complexity index is 287. The molecule has 0 aromatic rings. The van der Waals surface area contributed by atoms with E-state index < -0.39 is 0 Å². The van der Waals surface area contributed by atoms with Crippen LogP contribution in [0.4, 0.5) is 0 Å². The van der Waals surface area contributed by atoms with E-state index in [4.69, 9.17) is 4.74 Å². The summed E-state index contributed by atoms with van der Waals surface area (Å²) in [5.41, 5.74) is -0.362. The molecular weight excluding hydrogens is 216 g/mol. The lowest BCUT2D eigenvalue weighted by atomic mass is 9.98. The van der Waals surface area contributed by atoms with Crippen LogP contribution in [-0.2, 0) is 9.53 Å². The maximum Gasteiger partial charge on any atom is 0.244 e. The summed E-state index contributed by atoms with van der Waals surface area (Å²) in [5.74, 6) is 0.277. The summed E-state index contributed by atoms with van der Waals surface area (Å²) in [6, 6.07) is 0.363. The van der Waals surface area contributed by atoms with Gasteiger partial charge in [0.05, 0.1) is 11.7 Å². The van der Waals surface area contributed by atoms with Crippen molar-refractivity contribution >= 4 is 5.91 Å². The normalized spacial score (nSPS) is 35.6. The zero-order valence-electron chi connectivity index (χ0n) is 11.2. The molecule has 0 aromatic heterocycles. The minimum absolute atomic E-state index is 0.204. The van der Waals surface area contributed by atoms with Gasteiger partial charge in [0.1, 0.15) is 0 Å². The number of hydrogen-bond acceptors (Lipinski definition) is 3. The monoisotopic (exact) mass is 240 g/mol. The van der Waals surface area contributed by atoms with Crippen molar-refractivity contribution in [2.45, 2.75) is 64.2 Å². The zero-order valence-corrected chi connectivity index (χ0v) is 11.2. The van der Waals surface area contributed by atoms with Crippen molar-refractivity contribution in [2.24, 2.45) is 0 Å². The van der Waals surface area contributed by atoms with E-state index in [0.717, 1.165) is 38.9 Å². The third-order valence-electron chi connectivity index (χ3n) is 4.21. The molecular formula is C13H24N2O2. The summed E-state index contributed by atoms with van der Waals surface area (Å²) in [6.07, 6.45) is 3.98. The highest BCUT2D eigenvalue weighted by molar-refractivity contribution is 5.88. The predicted octanol–water partition coefficient (Wildman–Crippen LogP) is 1.50. The summed E-state index contributed by atoms with van der Waals surface area (Å²) >= 11 is 0. The van der Waals surface area contributed by atoms with Crippen LogP contribution >= 0.6 is 0 Å². The Morgan fingerprint density at radius 1 is 1.41 bits per heavy atom. The molecule has 4 nitrogen and oxygen atoms in total. The molecule has 0 aromatic carbocycles. The van der Waals surface area contributed by atoms with Crippen LogP contribution in [0.15, 0.2) is 0 Å². The molecule has 0 spiro atoms. The summed E-state index contributed by atoms with van der Waals surface area (Å²) < 4.78 is 5.38. The van der Waals surface area contributed by atoms with Gasteiger partial charge in [-0.2, -0.15) is 0 Å². The van der Waals surface area contributed by atoms with Crippen molar-refractivity contribution in [1.82, 2.24) is 10.2 Å². The molecule has 2 rings (SSSR count). The van der Waals surface area contributed by atoms with E-state index in [0.29, 0.717) is 6.04 Å². The Balaban J connectivity index is 2.16. The van der Waals surface area contributed by atoms with Crippen LogP contribution in [0.25, 0.3) is 0 Å². The molecule has 17 heavy (non-hydrogen) atoms. The van der Waals surface area contributed by atoms with Gasteiger partial charge in [-0.1, -0.05) is 13.8 Å². The van der Waals surface area contributed by atoms with E-state index in [2.05, 4.69) is 24.1 Å². The van der Waals surface area contributed by atoms with Gasteiger partial charge in [-0.25, -0.2) is 0 Å². The largest absolute Gasteiger partial charge is 0.381 e. The Hall–Kier alpha value is -0.610. The first-order chi connectivity index (χ1) is 8.12. The van der Waals surface area contributed by atoms with Crippen molar-refractivity contribution in [2.75, 3.05) is 13.2 Å². The molecule has 1 amide bonds. The lowest BCUT2D eigenvalue weighted by molar-refractivity contribution is -0.136. The second kappa shape index (κ2) is 4.94. The zero-order chi connectivity index (χ0) is 12.5. The molecule has 0 aliphatic carbocycles. The average Bonchev–Trinajstić information content (AvgIpc) is 2.63. The molecule has 98 valence electrons. The van der Waals surface area contributed by atoms with E-state index in [-0.39, 0.29) is 17.6 Å². The lowest BCUT2D eigenvalue weighted by Gasteiger charge is -2.35. The number of amides is 1. The van der Waals surface area contributed by atoms with Crippen LogP contribution in [0.1, 0.15) is 46.5 Å². The van der Waals surface area contributed by atoms with Gasteiger partial charge in [0.2, 0.25) is 5.91 Å². The van der Waals surface area contributed by atoms with E-state index in [1.807, 2.05) is 6.92 Å². The quantitative estimate of drug-likeness (QED) is 0.813. The van der Waals surface area contributed by atoms with Gasteiger partial charge in [-0.05, 0) is 32.6 Å². The summed E-state index contributed by atoms with van der Waals surface area (Å²) in [7, 11) is 0. The highest BCUT2D eigenvalue weighted by atomic mass is 16.5. The molecule has 2 atom stereocenters. The standard InChI is InChI=1S/C13H24N2O2/c1-4-11-14-13(3,5-2)12(16)15(11)10-6-8-17-9-7-10/h10-11,14H,4-9H2,1-3H3. The molecule has 2 aliphatic rings. The fourth-order valence-corrected chi connectivity index (χ4v) is 2.86. The molecule has 0 bridgehead atoms. The number of nitrogens with one attached hydrogen (secondary N) is 1. The van der Waals surface area contributed by atoms with E-state index in [1.54, 1.807) is 0 Å². The topological polar surface area (TPSA) is 41.6 Å². The molecule has 2 saturated heterocycles. The molecule has 0 saturated carbocycles. The minimum Gasteiger partial charge on any atom is -0.381 e. The third-order valence-corrected chi connectivity index (χ3v) is 4.21. The highest BCUT2D eigenvalue weighted by Crippen LogP contribution is 2.29. The van der Waals surface area contributed by atoms with Crippen LogP contribution in [0, 0.1) is 0 Å². The Labute approximate surface area is 104 Å². The van der Waals surface area contributed by atoms with Crippen LogP contribution in [0.2, 0.25) is 0 Å². The average molecular weight is 240 g/mol. The van der Waals surface area contributed by atoms with Crippen molar-refractivity contribution in [3.8, 4) is 0 Å². The first kappa shape index (κ1) is 12.8. The maximum absolute atomic E-state index is 12.5. The molecule has 2 unspecified atom stereocenters. The smallest absolute Gasteiger partial charge is 0.244 e. The number of carbonyl (C=O) groups is 1. The fourth-order valence-electron chi connectivity index (χ4n) is 2.86. The van der Waals surface area contributed by atoms with Gasteiger partial charge in [0.25, 0.3) is 0 Å². The number of carbonyl (C=O) groups excluding carboxylic acids is 1. The van der Waals surface area contributed by atoms with Crippen LogP contribution < -0.4 is 5.32 Å². The number of ether oxygens (including phenoxy) is 1. The first-order valence-electron chi connectivity index (χ1n) is 6.80. The predicted molar refractivity (Wildman–Crippen MR) is 66.6 cm³/mol. The molecule has 0 radical (unpaired) electrons. The fraction of sp³-hybridized carbons (Fsp3) is 0.923. The van der Waals surface area contributed by atoms with Gasteiger partial charge in [-0.15, -0.1) is 0 Å². The Kier molecular flexibility index (Phi) is 3.73. The lowest BCUT2D eigenvalue weighted by Crippen LogP contribution is -2.47. The van der Waals surface area contributed by atoms with Crippen LogP contribution in [0.3, 0.4) is 0 Å². The van der Waals surface area contributed by atoms with Gasteiger partial charge in [0, 0.05) is 19.3 Å². The second-order valence-corrected chi connectivity index (χ2v) is 5.31. The van der Waals surface area contributed by atoms with Gasteiger partial charge in [0.15, 0.2) is 0 Å².